The first-order valence-corrected chi connectivity index (χ1v) is 10.2. The molecule has 1 N–H and O–H groups in total. The van der Waals surface area contributed by atoms with E-state index in [-0.39, 0.29) is 27.8 Å². The molecule has 1 heterocycles. The third-order valence-corrected chi connectivity index (χ3v) is 6.27. The van der Waals surface area contributed by atoms with Gasteiger partial charge in [0.25, 0.3) is 10.0 Å². The number of hydrogen-bond donors (Lipinski definition) is 1. The molecule has 0 aliphatic rings. The number of benzene rings is 2. The summed E-state index contributed by atoms with van der Waals surface area (Å²) in [5.74, 6) is -0.332. The predicted octanol–water partition coefficient (Wildman–Crippen LogP) is 4.79. The van der Waals surface area contributed by atoms with Crippen LogP contribution in [-0.4, -0.2) is 18.2 Å². The molecule has 27 heavy (non-hydrogen) atoms. The van der Waals surface area contributed by atoms with Crippen molar-refractivity contribution in [1.29, 1.82) is 0 Å². The van der Waals surface area contributed by atoms with Gasteiger partial charge >= 0.3 is 0 Å². The number of halogens is 3. The van der Waals surface area contributed by atoms with Gasteiger partial charge in [0.15, 0.2) is 5.82 Å². The number of hydrogen-bond acceptors (Lipinski definition) is 3. The number of nitrogens with zero attached hydrogens (tertiary/aromatic N) is 2. The molecular weight excluding hydrogens is 412 g/mol. The summed E-state index contributed by atoms with van der Waals surface area (Å²) in [6, 6.07) is 9.00. The van der Waals surface area contributed by atoms with Crippen LogP contribution in [0.4, 0.5) is 10.2 Å². The van der Waals surface area contributed by atoms with Crippen LogP contribution in [0.25, 0.3) is 0 Å². The van der Waals surface area contributed by atoms with E-state index >= 15 is 0 Å². The van der Waals surface area contributed by atoms with Gasteiger partial charge in [0.1, 0.15) is 5.82 Å². The van der Waals surface area contributed by atoms with Crippen molar-refractivity contribution in [1.82, 2.24) is 9.78 Å². The minimum atomic E-state index is -3.84. The number of nitrogens with one attached hydrogen (secondary N) is 1. The Balaban J connectivity index is 1.84. The predicted molar refractivity (Wildman–Crippen MR) is 104 cm³/mol. The number of aromatic nitrogens is 2. The summed E-state index contributed by atoms with van der Waals surface area (Å²) in [7, 11) is -3.84. The highest BCUT2D eigenvalue weighted by Crippen LogP contribution is 2.25. The Kier molecular flexibility index (Phi) is 5.46. The summed E-state index contributed by atoms with van der Waals surface area (Å²) < 4.78 is 43.1. The number of sulfonamides is 1. The Bertz CT molecular complexity index is 1090. The minimum Gasteiger partial charge on any atom is -0.266 e. The largest absolute Gasteiger partial charge is 0.266 e. The van der Waals surface area contributed by atoms with Crippen molar-refractivity contribution < 1.29 is 12.8 Å². The average molecular weight is 428 g/mol. The van der Waals surface area contributed by atoms with E-state index in [0.29, 0.717) is 16.1 Å². The molecule has 0 spiro atoms. The van der Waals surface area contributed by atoms with Crippen LogP contribution >= 0.6 is 23.2 Å². The van der Waals surface area contributed by atoms with Gasteiger partial charge in [-0.25, -0.2) is 12.8 Å². The second kappa shape index (κ2) is 7.50. The number of aryl methyl sites for hydroxylation is 2. The van der Waals surface area contributed by atoms with Crippen molar-refractivity contribution >= 4 is 39.0 Å². The van der Waals surface area contributed by atoms with Crippen molar-refractivity contribution in [3.05, 3.63) is 75.1 Å². The van der Waals surface area contributed by atoms with Crippen molar-refractivity contribution in [2.24, 2.45) is 0 Å². The van der Waals surface area contributed by atoms with Crippen molar-refractivity contribution in [2.45, 2.75) is 25.3 Å². The molecule has 1 aromatic heterocycles. The van der Waals surface area contributed by atoms with Crippen LogP contribution in [-0.2, 0) is 16.6 Å². The third kappa shape index (κ3) is 4.26. The monoisotopic (exact) mass is 427 g/mol. The molecule has 0 saturated heterocycles. The van der Waals surface area contributed by atoms with Gasteiger partial charge in [0.05, 0.1) is 11.4 Å². The lowest BCUT2D eigenvalue weighted by Gasteiger charge is -2.10. The Morgan fingerprint density at radius 3 is 2.56 bits per heavy atom. The van der Waals surface area contributed by atoms with E-state index < -0.39 is 15.8 Å². The molecule has 0 radical (unpaired) electrons. The maximum atomic E-state index is 13.9. The molecule has 0 fully saturated rings. The maximum absolute atomic E-state index is 13.9. The van der Waals surface area contributed by atoms with E-state index in [9.17, 15) is 12.8 Å². The molecule has 0 saturated carbocycles. The lowest BCUT2D eigenvalue weighted by atomic mass is 10.2. The molecule has 0 unspecified atom stereocenters. The molecule has 5 nitrogen and oxygen atoms in total. The normalized spacial score (nSPS) is 11.6. The summed E-state index contributed by atoms with van der Waals surface area (Å²) >= 11 is 12.0. The average Bonchev–Trinajstić information content (AvgIpc) is 3.00. The van der Waals surface area contributed by atoms with E-state index in [1.165, 1.54) is 28.9 Å². The minimum absolute atomic E-state index is 0.0757. The Labute approximate surface area is 166 Å². The van der Waals surface area contributed by atoms with Gasteiger partial charge in [-0.15, -0.1) is 0 Å². The lowest BCUT2D eigenvalue weighted by molar-refractivity contribution is 0.585. The second-order valence-corrected chi connectivity index (χ2v) is 8.54. The zero-order chi connectivity index (χ0) is 19.8. The number of anilines is 1. The van der Waals surface area contributed by atoms with Crippen LogP contribution in [0.1, 0.15) is 16.7 Å². The Hall–Kier alpha value is -2.09. The van der Waals surface area contributed by atoms with Gasteiger partial charge in [0.2, 0.25) is 0 Å². The third-order valence-electron chi connectivity index (χ3n) is 4.01. The van der Waals surface area contributed by atoms with Crippen LogP contribution in [0.2, 0.25) is 10.0 Å². The summed E-state index contributed by atoms with van der Waals surface area (Å²) in [5.41, 5.74) is 1.46. The molecule has 9 heteroatoms. The highest BCUT2D eigenvalue weighted by molar-refractivity contribution is 7.92. The fourth-order valence-corrected chi connectivity index (χ4v) is 4.34. The Morgan fingerprint density at radius 1 is 1.11 bits per heavy atom. The van der Waals surface area contributed by atoms with Gasteiger partial charge in [-0.1, -0.05) is 29.3 Å². The van der Waals surface area contributed by atoms with E-state index in [1.807, 2.05) is 0 Å². The lowest BCUT2D eigenvalue weighted by Crippen LogP contribution is -2.15. The molecule has 0 atom stereocenters. The SMILES string of the molecule is Cc1cc(S(=O)(=O)Nc2ccn(Cc3c(F)cccc3Cl)n2)c(C)cc1Cl. The molecule has 0 aliphatic carbocycles. The summed E-state index contributed by atoms with van der Waals surface area (Å²) in [6.07, 6.45) is 1.54. The van der Waals surface area contributed by atoms with Gasteiger partial charge in [0, 0.05) is 27.9 Å². The fraction of sp³-hybridized carbons (Fsp3) is 0.167. The number of rotatable bonds is 5. The van der Waals surface area contributed by atoms with Crippen molar-refractivity contribution in [3.8, 4) is 0 Å². The van der Waals surface area contributed by atoms with E-state index in [0.717, 1.165) is 0 Å². The first-order valence-electron chi connectivity index (χ1n) is 7.93. The maximum Gasteiger partial charge on any atom is 0.263 e. The van der Waals surface area contributed by atoms with Crippen LogP contribution in [0.5, 0.6) is 0 Å². The van der Waals surface area contributed by atoms with Crippen LogP contribution in [0.15, 0.2) is 47.5 Å². The van der Waals surface area contributed by atoms with Gasteiger partial charge < -0.3 is 0 Å². The Morgan fingerprint density at radius 2 is 1.85 bits per heavy atom. The molecule has 0 aliphatic heterocycles. The summed E-state index contributed by atoms with van der Waals surface area (Å²) in [6.45, 7) is 3.47. The van der Waals surface area contributed by atoms with Gasteiger partial charge in [-0.2, -0.15) is 5.10 Å². The van der Waals surface area contributed by atoms with Crippen LogP contribution in [0, 0.1) is 19.7 Å². The second-order valence-electron chi connectivity index (χ2n) is 6.07. The standard InChI is InChI=1S/C18H16Cl2FN3O2S/c1-11-9-17(12(2)8-15(11)20)27(25,26)23-18-6-7-24(22-18)10-13-14(19)4-3-5-16(13)21/h3-9H,10H2,1-2H3,(H,22,23). The molecule has 3 aromatic rings. The molecule has 2 aromatic carbocycles. The van der Waals surface area contributed by atoms with Crippen molar-refractivity contribution in [2.75, 3.05) is 4.72 Å². The van der Waals surface area contributed by atoms with E-state index in [2.05, 4.69) is 9.82 Å². The van der Waals surface area contributed by atoms with Gasteiger partial charge in [-0.05, 0) is 49.2 Å². The smallest absolute Gasteiger partial charge is 0.263 e. The highest BCUT2D eigenvalue weighted by Gasteiger charge is 2.19. The fourth-order valence-electron chi connectivity index (χ4n) is 2.59. The van der Waals surface area contributed by atoms with E-state index in [1.54, 1.807) is 32.2 Å². The molecule has 0 bridgehead atoms. The summed E-state index contributed by atoms with van der Waals surface area (Å²) in [5, 5.41) is 4.92. The molecular formula is C18H16Cl2FN3O2S. The highest BCUT2D eigenvalue weighted by atomic mass is 35.5. The topological polar surface area (TPSA) is 64.0 Å². The van der Waals surface area contributed by atoms with Crippen molar-refractivity contribution in [3.63, 3.8) is 0 Å². The zero-order valence-corrected chi connectivity index (χ0v) is 16.8. The van der Waals surface area contributed by atoms with E-state index in [4.69, 9.17) is 23.2 Å². The quantitative estimate of drug-likeness (QED) is 0.635. The van der Waals surface area contributed by atoms with Crippen LogP contribution < -0.4 is 4.72 Å². The van der Waals surface area contributed by atoms with Crippen LogP contribution in [0.3, 0.4) is 0 Å². The summed E-state index contributed by atoms with van der Waals surface area (Å²) in [4.78, 5) is 0.121. The molecule has 3 rings (SSSR count). The first kappa shape index (κ1) is 19.7. The first-order chi connectivity index (χ1) is 12.7. The van der Waals surface area contributed by atoms with Gasteiger partial charge in [-0.3, -0.25) is 9.40 Å². The zero-order valence-electron chi connectivity index (χ0n) is 14.5. The molecule has 0 amide bonds. The molecule has 142 valence electrons.